The summed E-state index contributed by atoms with van der Waals surface area (Å²) < 4.78 is 7.25. The van der Waals surface area contributed by atoms with Crippen LogP contribution in [0.3, 0.4) is 0 Å². The Morgan fingerprint density at radius 3 is 2.30 bits per heavy atom. The molecule has 1 fully saturated rings. The van der Waals surface area contributed by atoms with Crippen LogP contribution in [-0.2, 0) is 11.4 Å². The maximum atomic E-state index is 13.1. The number of aromatic nitrogens is 1. The van der Waals surface area contributed by atoms with Crippen molar-refractivity contribution in [1.82, 2.24) is 9.47 Å². The van der Waals surface area contributed by atoms with Gasteiger partial charge in [0.05, 0.1) is 0 Å². The van der Waals surface area contributed by atoms with Gasteiger partial charge < -0.3 is 9.64 Å². The molecule has 5 heteroatoms. The van der Waals surface area contributed by atoms with Crippen molar-refractivity contribution in [2.45, 2.75) is 19.4 Å². The van der Waals surface area contributed by atoms with Crippen LogP contribution in [0.4, 0.5) is 0 Å². The van der Waals surface area contributed by atoms with Gasteiger partial charge in [-0.05, 0) is 48.2 Å². The normalized spacial score (nSPS) is 14.0. The molecule has 0 unspecified atom stereocenters. The van der Waals surface area contributed by atoms with Gasteiger partial charge >= 0.3 is 0 Å². The van der Waals surface area contributed by atoms with Crippen LogP contribution in [0.1, 0.15) is 24.0 Å². The van der Waals surface area contributed by atoms with Crippen molar-refractivity contribution in [3.05, 3.63) is 100 Å². The van der Waals surface area contributed by atoms with Gasteiger partial charge in [0.25, 0.3) is 11.5 Å². The molecule has 0 spiro atoms. The number of carbonyl (C=O) groups excluding carboxylic acids is 1. The number of hydrogen-bond donors (Lipinski definition) is 0. The van der Waals surface area contributed by atoms with E-state index in [0.29, 0.717) is 12.3 Å². The highest BCUT2D eigenvalue weighted by Crippen LogP contribution is 2.20. The first kappa shape index (κ1) is 19.7. The number of amides is 1. The van der Waals surface area contributed by atoms with Gasteiger partial charge in [0.2, 0.25) is 0 Å². The fourth-order valence-electron chi connectivity index (χ4n) is 3.50. The average Bonchev–Trinajstić information content (AvgIpc) is 3.33. The Hall–Kier alpha value is -3.60. The maximum Gasteiger partial charge on any atom is 0.270 e. The van der Waals surface area contributed by atoms with Crippen LogP contribution in [0.5, 0.6) is 5.75 Å². The molecule has 3 aromatic rings. The van der Waals surface area contributed by atoms with E-state index in [0.717, 1.165) is 42.8 Å². The first-order chi connectivity index (χ1) is 14.7. The standard InChI is InChI=1S/C25H24N2O3/c28-24-10-4-5-17-27(24)23(25(29)26-15-6-7-16-26)18-20-11-13-22(14-12-20)30-19-21-8-2-1-3-9-21/h1-5,8-14,17-18H,6-7,15-16,19H2. The predicted octanol–water partition coefficient (Wildman–Crippen LogP) is 4.05. The van der Waals surface area contributed by atoms with Crippen LogP contribution in [-0.4, -0.2) is 28.5 Å². The number of ether oxygens (including phenoxy) is 1. The Labute approximate surface area is 175 Å². The molecule has 0 radical (unpaired) electrons. The van der Waals surface area contributed by atoms with Gasteiger partial charge in [0.15, 0.2) is 0 Å². The molecule has 1 aliphatic rings. The van der Waals surface area contributed by atoms with Crippen LogP contribution in [0.2, 0.25) is 0 Å². The van der Waals surface area contributed by atoms with E-state index in [9.17, 15) is 9.59 Å². The molecule has 1 aromatic heterocycles. The minimum atomic E-state index is -0.223. The summed E-state index contributed by atoms with van der Waals surface area (Å²) >= 11 is 0. The van der Waals surface area contributed by atoms with Crippen LogP contribution in [0, 0.1) is 0 Å². The zero-order valence-corrected chi connectivity index (χ0v) is 16.7. The highest BCUT2D eigenvalue weighted by Gasteiger charge is 2.23. The third-order valence-electron chi connectivity index (χ3n) is 5.13. The van der Waals surface area contributed by atoms with E-state index in [1.165, 1.54) is 10.6 Å². The van der Waals surface area contributed by atoms with Crippen molar-refractivity contribution >= 4 is 17.7 Å². The van der Waals surface area contributed by atoms with Gasteiger partial charge in [-0.2, -0.15) is 0 Å². The SMILES string of the molecule is O=C(C(=Cc1ccc(OCc2ccccc2)cc1)n1ccccc1=O)N1CCCC1. The summed E-state index contributed by atoms with van der Waals surface area (Å²) in [5.74, 6) is 0.630. The molecule has 4 rings (SSSR count). The van der Waals surface area contributed by atoms with Crippen molar-refractivity contribution in [3.63, 3.8) is 0 Å². The zero-order valence-electron chi connectivity index (χ0n) is 16.7. The lowest BCUT2D eigenvalue weighted by molar-refractivity contribution is -0.124. The highest BCUT2D eigenvalue weighted by atomic mass is 16.5. The Morgan fingerprint density at radius 1 is 0.900 bits per heavy atom. The summed E-state index contributed by atoms with van der Waals surface area (Å²) in [4.78, 5) is 27.3. The van der Waals surface area contributed by atoms with E-state index in [-0.39, 0.29) is 11.5 Å². The fourth-order valence-corrected chi connectivity index (χ4v) is 3.50. The molecular weight excluding hydrogens is 376 g/mol. The molecule has 5 nitrogen and oxygen atoms in total. The van der Waals surface area contributed by atoms with E-state index in [1.54, 1.807) is 24.4 Å². The summed E-state index contributed by atoms with van der Waals surface area (Å²) in [6.45, 7) is 1.95. The summed E-state index contributed by atoms with van der Waals surface area (Å²) in [5, 5.41) is 0. The number of likely N-dealkylation sites (tertiary alicyclic amines) is 1. The first-order valence-corrected chi connectivity index (χ1v) is 10.2. The molecule has 0 N–H and O–H groups in total. The summed E-state index contributed by atoms with van der Waals surface area (Å²) in [6.07, 6.45) is 5.40. The van der Waals surface area contributed by atoms with Gasteiger partial charge in [0, 0.05) is 25.4 Å². The molecule has 1 aliphatic heterocycles. The van der Waals surface area contributed by atoms with Crippen molar-refractivity contribution in [1.29, 1.82) is 0 Å². The van der Waals surface area contributed by atoms with E-state index in [1.807, 2.05) is 59.5 Å². The van der Waals surface area contributed by atoms with Crippen LogP contribution < -0.4 is 10.3 Å². The second-order valence-corrected chi connectivity index (χ2v) is 7.28. The molecular formula is C25H24N2O3. The minimum Gasteiger partial charge on any atom is -0.489 e. The monoisotopic (exact) mass is 400 g/mol. The zero-order chi connectivity index (χ0) is 20.8. The Balaban J connectivity index is 1.57. The van der Waals surface area contributed by atoms with Gasteiger partial charge in [-0.25, -0.2) is 0 Å². The lowest BCUT2D eigenvalue weighted by atomic mass is 10.1. The van der Waals surface area contributed by atoms with E-state index >= 15 is 0 Å². The molecule has 30 heavy (non-hydrogen) atoms. The van der Waals surface area contributed by atoms with Gasteiger partial charge in [-0.3, -0.25) is 14.2 Å². The molecule has 2 heterocycles. The Kier molecular flexibility index (Phi) is 6.09. The predicted molar refractivity (Wildman–Crippen MR) is 118 cm³/mol. The van der Waals surface area contributed by atoms with E-state index in [4.69, 9.17) is 4.74 Å². The van der Waals surface area contributed by atoms with Gasteiger partial charge in [0.1, 0.15) is 18.1 Å². The van der Waals surface area contributed by atoms with Crippen molar-refractivity contribution in [2.24, 2.45) is 0 Å². The maximum absolute atomic E-state index is 13.1. The van der Waals surface area contributed by atoms with Crippen LogP contribution in [0.25, 0.3) is 11.8 Å². The molecule has 1 saturated heterocycles. The lowest BCUT2D eigenvalue weighted by Gasteiger charge is -2.19. The quantitative estimate of drug-likeness (QED) is 0.587. The van der Waals surface area contributed by atoms with Gasteiger partial charge in [-0.15, -0.1) is 0 Å². The van der Waals surface area contributed by atoms with Crippen LogP contribution in [0.15, 0.2) is 83.8 Å². The highest BCUT2D eigenvalue weighted by molar-refractivity contribution is 6.18. The first-order valence-electron chi connectivity index (χ1n) is 10.2. The fraction of sp³-hybridized carbons (Fsp3) is 0.200. The van der Waals surface area contributed by atoms with E-state index < -0.39 is 0 Å². The number of rotatable bonds is 6. The molecule has 0 bridgehead atoms. The van der Waals surface area contributed by atoms with Crippen molar-refractivity contribution < 1.29 is 9.53 Å². The summed E-state index contributed by atoms with van der Waals surface area (Å²) in [7, 11) is 0. The number of benzene rings is 2. The topological polar surface area (TPSA) is 51.5 Å². The van der Waals surface area contributed by atoms with Gasteiger partial charge in [-0.1, -0.05) is 48.5 Å². The number of nitrogens with zero attached hydrogens (tertiary/aromatic N) is 2. The molecule has 152 valence electrons. The number of carbonyl (C=O) groups is 1. The second kappa shape index (κ2) is 9.27. The summed E-state index contributed by atoms with van der Waals surface area (Å²) in [6, 6.07) is 22.4. The largest absolute Gasteiger partial charge is 0.489 e. The molecule has 0 saturated carbocycles. The van der Waals surface area contributed by atoms with Crippen molar-refractivity contribution in [3.8, 4) is 5.75 Å². The molecule has 0 aliphatic carbocycles. The smallest absolute Gasteiger partial charge is 0.270 e. The molecule has 0 atom stereocenters. The molecule has 2 aromatic carbocycles. The second-order valence-electron chi connectivity index (χ2n) is 7.28. The Morgan fingerprint density at radius 2 is 1.60 bits per heavy atom. The van der Waals surface area contributed by atoms with Crippen molar-refractivity contribution in [2.75, 3.05) is 13.1 Å². The number of hydrogen-bond acceptors (Lipinski definition) is 3. The van der Waals surface area contributed by atoms with E-state index in [2.05, 4.69) is 0 Å². The summed E-state index contributed by atoms with van der Waals surface area (Å²) in [5.41, 5.74) is 2.07. The minimum absolute atomic E-state index is 0.120. The third-order valence-corrected chi connectivity index (χ3v) is 5.13. The Bertz CT molecular complexity index is 1080. The average molecular weight is 400 g/mol. The van der Waals surface area contributed by atoms with Crippen LogP contribution >= 0.6 is 0 Å². The molecule has 1 amide bonds. The lowest BCUT2D eigenvalue weighted by Crippen LogP contribution is -2.33. The third kappa shape index (κ3) is 4.69. The number of pyridine rings is 1.